The van der Waals surface area contributed by atoms with Crippen LogP contribution in [-0.2, 0) is 0 Å². The van der Waals surface area contributed by atoms with E-state index in [-0.39, 0.29) is 17.6 Å². The Labute approximate surface area is 182 Å². The van der Waals surface area contributed by atoms with Crippen molar-refractivity contribution in [1.82, 2.24) is 15.5 Å². The highest BCUT2D eigenvalue weighted by Crippen LogP contribution is 2.46. The van der Waals surface area contributed by atoms with Gasteiger partial charge in [0.2, 0.25) is 0 Å². The van der Waals surface area contributed by atoms with E-state index in [4.69, 9.17) is 9.73 Å². The summed E-state index contributed by atoms with van der Waals surface area (Å²) in [4.78, 5) is 6.24. The fourth-order valence-electron chi connectivity index (χ4n) is 5.24. The molecule has 1 saturated heterocycles. The molecule has 1 spiro atoms. The fraction of sp³-hybridized carbons (Fsp3) is 0.696. The Bertz CT molecular complexity index is 776. The van der Waals surface area contributed by atoms with Crippen LogP contribution in [0, 0.1) is 5.92 Å². The summed E-state index contributed by atoms with van der Waals surface area (Å²) in [5, 5.41) is 6.92. The second-order valence-corrected chi connectivity index (χ2v) is 9.16. The van der Waals surface area contributed by atoms with Gasteiger partial charge in [0.15, 0.2) is 5.96 Å². The molecule has 1 aromatic carbocycles. The molecule has 1 saturated carbocycles. The van der Waals surface area contributed by atoms with E-state index >= 15 is 0 Å². The number of rotatable bonds is 5. The second kappa shape index (κ2) is 9.27. The van der Waals surface area contributed by atoms with Gasteiger partial charge in [0.05, 0.1) is 12.6 Å². The van der Waals surface area contributed by atoms with Gasteiger partial charge >= 0.3 is 6.18 Å². The number of nitrogens with one attached hydrogen (secondary N) is 2. The van der Waals surface area contributed by atoms with Crippen LogP contribution in [0.25, 0.3) is 0 Å². The van der Waals surface area contributed by atoms with Gasteiger partial charge in [0.25, 0.3) is 0 Å². The summed E-state index contributed by atoms with van der Waals surface area (Å²) in [5.41, 5.74) is 1.04. The summed E-state index contributed by atoms with van der Waals surface area (Å²) < 4.78 is 44.4. The van der Waals surface area contributed by atoms with E-state index in [2.05, 4.69) is 16.7 Å². The van der Waals surface area contributed by atoms with Crippen molar-refractivity contribution in [1.29, 1.82) is 0 Å². The maximum Gasteiger partial charge on any atom is 0.401 e. The van der Waals surface area contributed by atoms with E-state index in [0.717, 1.165) is 49.5 Å². The third kappa shape index (κ3) is 5.64. The van der Waals surface area contributed by atoms with Gasteiger partial charge in [0, 0.05) is 31.6 Å². The first-order chi connectivity index (χ1) is 14.9. The highest BCUT2D eigenvalue weighted by molar-refractivity contribution is 5.80. The van der Waals surface area contributed by atoms with Crippen molar-refractivity contribution in [2.45, 2.75) is 63.3 Å². The molecule has 3 aliphatic rings. The van der Waals surface area contributed by atoms with Gasteiger partial charge < -0.3 is 15.4 Å². The van der Waals surface area contributed by atoms with Crippen molar-refractivity contribution >= 4 is 5.96 Å². The Hall–Kier alpha value is -1.96. The van der Waals surface area contributed by atoms with Crippen LogP contribution < -0.4 is 15.4 Å². The van der Waals surface area contributed by atoms with Crippen LogP contribution in [0.3, 0.4) is 0 Å². The van der Waals surface area contributed by atoms with Crippen molar-refractivity contribution in [2.24, 2.45) is 10.9 Å². The number of ether oxygens (including phenoxy) is 1. The first-order valence-corrected chi connectivity index (χ1v) is 11.5. The number of nitrogens with zero attached hydrogens (tertiary/aromatic N) is 2. The third-order valence-electron chi connectivity index (χ3n) is 6.65. The predicted octanol–water partition coefficient (Wildman–Crippen LogP) is 4.26. The lowest BCUT2D eigenvalue weighted by Gasteiger charge is -2.40. The summed E-state index contributed by atoms with van der Waals surface area (Å²) in [6.07, 6.45) is 2.05. The lowest BCUT2D eigenvalue weighted by Crippen LogP contribution is -2.46. The summed E-state index contributed by atoms with van der Waals surface area (Å²) >= 11 is 0. The molecule has 0 aromatic heterocycles. The number of benzene rings is 1. The van der Waals surface area contributed by atoms with Gasteiger partial charge in [-0.15, -0.1) is 0 Å². The molecule has 1 aromatic rings. The number of fused-ring (bicyclic) bond motifs is 1. The van der Waals surface area contributed by atoms with Crippen molar-refractivity contribution < 1.29 is 17.9 Å². The largest absolute Gasteiger partial charge is 0.487 e. The minimum absolute atomic E-state index is 0.103. The smallest absolute Gasteiger partial charge is 0.401 e. The molecule has 2 fully saturated rings. The normalized spacial score (nSPS) is 26.0. The van der Waals surface area contributed by atoms with Gasteiger partial charge in [-0.1, -0.05) is 18.2 Å². The van der Waals surface area contributed by atoms with Crippen LogP contribution in [0.4, 0.5) is 13.2 Å². The predicted molar refractivity (Wildman–Crippen MR) is 115 cm³/mol. The summed E-state index contributed by atoms with van der Waals surface area (Å²) in [7, 11) is 0. The SMILES string of the molecule is CCNC(=NCC1CCN(CC(F)(F)F)C1)NC1CC2(CCCC2)Oc2ccccc21. The molecule has 2 heterocycles. The molecule has 2 aliphatic heterocycles. The Morgan fingerprint density at radius 3 is 2.77 bits per heavy atom. The molecule has 0 bridgehead atoms. The molecular weight excluding hydrogens is 405 g/mol. The van der Waals surface area contributed by atoms with E-state index in [1.165, 1.54) is 17.7 Å². The Morgan fingerprint density at radius 1 is 1.26 bits per heavy atom. The van der Waals surface area contributed by atoms with Crippen LogP contribution in [0.1, 0.15) is 57.1 Å². The zero-order chi connectivity index (χ0) is 21.9. The van der Waals surface area contributed by atoms with E-state index in [1.807, 2.05) is 25.1 Å². The number of guanidine groups is 1. The quantitative estimate of drug-likeness (QED) is 0.533. The van der Waals surface area contributed by atoms with Crippen LogP contribution >= 0.6 is 0 Å². The number of likely N-dealkylation sites (tertiary alicyclic amines) is 1. The number of alkyl halides is 3. The van der Waals surface area contributed by atoms with Crippen LogP contribution in [0.5, 0.6) is 5.75 Å². The second-order valence-electron chi connectivity index (χ2n) is 9.16. The molecule has 0 radical (unpaired) electrons. The van der Waals surface area contributed by atoms with E-state index in [0.29, 0.717) is 19.6 Å². The number of hydrogen-bond donors (Lipinski definition) is 2. The standard InChI is InChI=1S/C23H33F3N4O/c1-2-27-21(28-14-17-9-12-30(15-17)16-23(24,25)26)29-19-13-22(10-5-6-11-22)31-20-8-4-3-7-18(19)20/h3-4,7-8,17,19H,2,5-6,9-16H2,1H3,(H2,27,28,29). The maximum absolute atomic E-state index is 12.7. The maximum atomic E-state index is 12.7. The Balaban J connectivity index is 1.43. The average molecular weight is 439 g/mol. The summed E-state index contributed by atoms with van der Waals surface area (Å²) in [6.45, 7) is 3.39. The van der Waals surface area contributed by atoms with E-state index in [9.17, 15) is 13.2 Å². The molecule has 2 unspecified atom stereocenters. The van der Waals surface area contributed by atoms with Crippen molar-refractivity contribution in [3.8, 4) is 5.75 Å². The summed E-state index contributed by atoms with van der Waals surface area (Å²) in [6, 6.07) is 8.29. The van der Waals surface area contributed by atoms with Gasteiger partial charge in [-0.3, -0.25) is 9.89 Å². The third-order valence-corrected chi connectivity index (χ3v) is 6.65. The topological polar surface area (TPSA) is 48.9 Å². The zero-order valence-corrected chi connectivity index (χ0v) is 18.2. The van der Waals surface area contributed by atoms with Crippen molar-refractivity contribution in [3.05, 3.63) is 29.8 Å². The zero-order valence-electron chi connectivity index (χ0n) is 18.2. The average Bonchev–Trinajstić information content (AvgIpc) is 3.34. The molecule has 2 N–H and O–H groups in total. The molecule has 31 heavy (non-hydrogen) atoms. The number of hydrogen-bond acceptors (Lipinski definition) is 3. The molecule has 5 nitrogen and oxygen atoms in total. The van der Waals surface area contributed by atoms with Crippen LogP contribution in [0.2, 0.25) is 0 Å². The summed E-state index contributed by atoms with van der Waals surface area (Å²) in [5.74, 6) is 1.83. The van der Waals surface area contributed by atoms with Crippen molar-refractivity contribution in [2.75, 3.05) is 32.7 Å². The number of halogens is 3. The monoisotopic (exact) mass is 438 g/mol. The van der Waals surface area contributed by atoms with Gasteiger partial charge in [-0.05, 0) is 57.6 Å². The fourth-order valence-corrected chi connectivity index (χ4v) is 5.24. The molecule has 172 valence electrons. The van der Waals surface area contributed by atoms with Crippen molar-refractivity contribution in [3.63, 3.8) is 0 Å². The minimum atomic E-state index is -4.14. The molecule has 8 heteroatoms. The van der Waals surface area contributed by atoms with Crippen LogP contribution in [0.15, 0.2) is 29.3 Å². The van der Waals surface area contributed by atoms with Gasteiger partial charge in [-0.25, -0.2) is 0 Å². The Morgan fingerprint density at radius 2 is 2.03 bits per heavy atom. The lowest BCUT2D eigenvalue weighted by atomic mass is 9.86. The molecule has 4 rings (SSSR count). The van der Waals surface area contributed by atoms with Gasteiger partial charge in [0.1, 0.15) is 11.4 Å². The number of para-hydroxylation sites is 1. The molecule has 2 atom stereocenters. The van der Waals surface area contributed by atoms with E-state index in [1.54, 1.807) is 0 Å². The lowest BCUT2D eigenvalue weighted by molar-refractivity contribution is -0.143. The molecular formula is C23H33F3N4O. The van der Waals surface area contributed by atoms with Crippen LogP contribution in [-0.4, -0.2) is 55.4 Å². The number of aliphatic imine (C=N–C) groups is 1. The van der Waals surface area contributed by atoms with E-state index < -0.39 is 12.7 Å². The van der Waals surface area contributed by atoms with Gasteiger partial charge in [-0.2, -0.15) is 13.2 Å². The molecule has 1 aliphatic carbocycles. The highest BCUT2D eigenvalue weighted by Gasteiger charge is 2.43. The molecule has 0 amide bonds. The first-order valence-electron chi connectivity index (χ1n) is 11.5. The Kier molecular flexibility index (Phi) is 6.65. The minimum Gasteiger partial charge on any atom is -0.487 e. The highest BCUT2D eigenvalue weighted by atomic mass is 19.4. The first kappa shape index (κ1) is 22.2.